The summed E-state index contributed by atoms with van der Waals surface area (Å²) in [5, 5.41) is 12.9. The highest BCUT2D eigenvalue weighted by Crippen LogP contribution is 2.42. The Morgan fingerprint density at radius 1 is 1.16 bits per heavy atom. The van der Waals surface area contributed by atoms with Crippen molar-refractivity contribution < 1.29 is 9.90 Å². The summed E-state index contributed by atoms with van der Waals surface area (Å²) < 4.78 is 0. The molecule has 0 aliphatic heterocycles. The van der Waals surface area contributed by atoms with Crippen molar-refractivity contribution in [1.82, 2.24) is 0 Å². The number of hydrogen-bond acceptors (Lipinski definition) is 2. The second-order valence-corrected chi connectivity index (χ2v) is 6.49. The van der Waals surface area contributed by atoms with Gasteiger partial charge in [-0.1, -0.05) is 32.0 Å². The van der Waals surface area contributed by atoms with Crippen molar-refractivity contribution in [3.8, 4) is 0 Å². The lowest BCUT2D eigenvalue weighted by molar-refractivity contribution is -0.144. The summed E-state index contributed by atoms with van der Waals surface area (Å²) in [4.78, 5) is 11.7. The summed E-state index contributed by atoms with van der Waals surface area (Å²) >= 11 is 0. The van der Waals surface area contributed by atoms with Crippen LogP contribution in [0.3, 0.4) is 0 Å². The molecule has 1 aliphatic carbocycles. The van der Waals surface area contributed by atoms with Gasteiger partial charge in [-0.05, 0) is 49.7 Å². The lowest BCUT2D eigenvalue weighted by Gasteiger charge is -2.42. The number of anilines is 1. The average molecular weight is 261 g/mol. The largest absolute Gasteiger partial charge is 0.480 e. The molecule has 0 radical (unpaired) electrons. The lowest BCUT2D eigenvalue weighted by Crippen LogP contribution is -2.50. The minimum atomic E-state index is -0.804. The highest BCUT2D eigenvalue weighted by Gasteiger charge is 2.44. The Hall–Kier alpha value is -1.51. The molecule has 3 heteroatoms. The van der Waals surface area contributed by atoms with E-state index in [9.17, 15) is 9.90 Å². The van der Waals surface area contributed by atoms with Crippen LogP contribution in [0.5, 0.6) is 0 Å². The topological polar surface area (TPSA) is 49.3 Å². The van der Waals surface area contributed by atoms with Crippen molar-refractivity contribution in [2.24, 2.45) is 5.41 Å². The van der Waals surface area contributed by atoms with E-state index in [0.29, 0.717) is 12.8 Å². The van der Waals surface area contributed by atoms with Gasteiger partial charge in [-0.15, -0.1) is 0 Å². The van der Waals surface area contributed by atoms with Crippen LogP contribution >= 0.6 is 0 Å². The van der Waals surface area contributed by atoms with Crippen molar-refractivity contribution in [3.63, 3.8) is 0 Å². The van der Waals surface area contributed by atoms with Gasteiger partial charge in [0.2, 0.25) is 0 Å². The van der Waals surface area contributed by atoms with Gasteiger partial charge in [0, 0.05) is 5.69 Å². The van der Waals surface area contributed by atoms with Crippen molar-refractivity contribution in [2.45, 2.75) is 52.0 Å². The van der Waals surface area contributed by atoms with Crippen LogP contribution in [0.15, 0.2) is 24.3 Å². The van der Waals surface area contributed by atoms with Crippen LogP contribution in [0.1, 0.15) is 45.1 Å². The Bertz CT molecular complexity index is 469. The third kappa shape index (κ3) is 2.91. The smallest absolute Gasteiger partial charge is 0.329 e. The third-order valence-corrected chi connectivity index (χ3v) is 4.39. The summed E-state index contributed by atoms with van der Waals surface area (Å²) in [5.41, 5.74) is 1.48. The van der Waals surface area contributed by atoms with Crippen LogP contribution < -0.4 is 5.32 Å². The number of benzene rings is 1. The van der Waals surface area contributed by atoms with Gasteiger partial charge in [-0.2, -0.15) is 0 Å². The summed E-state index contributed by atoms with van der Waals surface area (Å²) in [7, 11) is 0. The second kappa shape index (κ2) is 4.87. The molecule has 0 spiro atoms. The Labute approximate surface area is 115 Å². The maximum Gasteiger partial charge on any atom is 0.329 e. The molecule has 1 aliphatic rings. The summed E-state index contributed by atoms with van der Waals surface area (Å²) in [6.45, 7) is 6.43. The molecular formula is C16H23NO2. The van der Waals surface area contributed by atoms with Crippen LogP contribution in [0.4, 0.5) is 5.69 Å². The predicted octanol–water partition coefficient (Wildman–Crippen LogP) is 3.83. The van der Waals surface area contributed by atoms with E-state index in [0.717, 1.165) is 24.1 Å². The zero-order chi connectivity index (χ0) is 14.1. The van der Waals surface area contributed by atoms with Crippen molar-refractivity contribution in [1.29, 1.82) is 0 Å². The first-order chi connectivity index (χ1) is 8.85. The van der Waals surface area contributed by atoms with E-state index in [2.05, 4.69) is 19.2 Å². The second-order valence-electron chi connectivity index (χ2n) is 6.49. The molecular weight excluding hydrogens is 238 g/mol. The van der Waals surface area contributed by atoms with Crippen molar-refractivity contribution in [2.75, 3.05) is 5.32 Å². The van der Waals surface area contributed by atoms with E-state index >= 15 is 0 Å². The number of carboxylic acids is 1. The Morgan fingerprint density at radius 3 is 2.26 bits per heavy atom. The first-order valence-corrected chi connectivity index (χ1v) is 6.92. The molecule has 1 aromatic carbocycles. The van der Waals surface area contributed by atoms with Gasteiger partial charge >= 0.3 is 5.97 Å². The number of carboxylic acid groups (broad SMARTS) is 1. The van der Waals surface area contributed by atoms with Gasteiger partial charge in [-0.25, -0.2) is 4.79 Å². The van der Waals surface area contributed by atoms with E-state index in [-0.39, 0.29) is 5.41 Å². The first-order valence-electron chi connectivity index (χ1n) is 6.92. The Kier molecular flexibility index (Phi) is 3.57. The monoisotopic (exact) mass is 261 g/mol. The highest BCUT2D eigenvalue weighted by atomic mass is 16.4. The van der Waals surface area contributed by atoms with E-state index in [1.807, 2.05) is 31.2 Å². The van der Waals surface area contributed by atoms with Gasteiger partial charge in [-0.3, -0.25) is 0 Å². The molecule has 19 heavy (non-hydrogen) atoms. The molecule has 1 saturated carbocycles. The molecule has 1 aromatic rings. The van der Waals surface area contributed by atoms with Crippen LogP contribution in [-0.4, -0.2) is 16.6 Å². The molecule has 0 unspecified atom stereocenters. The molecule has 104 valence electrons. The molecule has 0 heterocycles. The van der Waals surface area contributed by atoms with E-state index in [1.165, 1.54) is 0 Å². The van der Waals surface area contributed by atoms with Gasteiger partial charge in [0.05, 0.1) is 0 Å². The maximum atomic E-state index is 11.7. The van der Waals surface area contributed by atoms with E-state index in [1.54, 1.807) is 0 Å². The van der Waals surface area contributed by atoms with Gasteiger partial charge < -0.3 is 10.4 Å². The minimum absolute atomic E-state index is 0.256. The summed E-state index contributed by atoms with van der Waals surface area (Å²) in [6, 6.07) is 7.88. The Balaban J connectivity index is 2.23. The number of nitrogens with one attached hydrogen (secondary N) is 1. The van der Waals surface area contributed by atoms with Gasteiger partial charge in [0.1, 0.15) is 5.54 Å². The molecule has 0 atom stereocenters. The van der Waals surface area contributed by atoms with E-state index < -0.39 is 11.5 Å². The number of aliphatic carboxylic acids is 1. The normalized spacial score (nSPS) is 20.8. The lowest BCUT2D eigenvalue weighted by atomic mass is 9.69. The van der Waals surface area contributed by atoms with Crippen LogP contribution in [0.25, 0.3) is 0 Å². The third-order valence-electron chi connectivity index (χ3n) is 4.39. The number of carbonyl (C=O) groups is 1. The fraction of sp³-hybridized carbons (Fsp3) is 0.562. The van der Waals surface area contributed by atoms with Gasteiger partial charge in [0.15, 0.2) is 0 Å². The number of para-hydroxylation sites is 1. The standard InChI is InChI=1S/C16H23NO2/c1-12-6-4-5-7-13(12)17-16(14(18)19)10-8-15(2,3)9-11-16/h4-7,17H,8-11H2,1-3H3,(H,18,19). The molecule has 0 aromatic heterocycles. The molecule has 0 amide bonds. The van der Waals surface area contributed by atoms with Crippen LogP contribution in [0, 0.1) is 12.3 Å². The summed E-state index contributed by atoms with van der Waals surface area (Å²) in [6.07, 6.45) is 3.25. The summed E-state index contributed by atoms with van der Waals surface area (Å²) in [5.74, 6) is -0.730. The SMILES string of the molecule is Cc1ccccc1NC1(C(=O)O)CCC(C)(C)CC1. The van der Waals surface area contributed by atoms with Gasteiger partial charge in [0.25, 0.3) is 0 Å². The number of hydrogen-bond donors (Lipinski definition) is 2. The van der Waals surface area contributed by atoms with Crippen molar-refractivity contribution >= 4 is 11.7 Å². The highest BCUT2D eigenvalue weighted by molar-refractivity contribution is 5.83. The number of rotatable bonds is 3. The maximum absolute atomic E-state index is 11.7. The molecule has 3 nitrogen and oxygen atoms in total. The van der Waals surface area contributed by atoms with E-state index in [4.69, 9.17) is 0 Å². The first kappa shape index (κ1) is 13.9. The molecule has 2 rings (SSSR count). The molecule has 0 saturated heterocycles. The quantitative estimate of drug-likeness (QED) is 0.869. The minimum Gasteiger partial charge on any atom is -0.480 e. The molecule has 1 fully saturated rings. The zero-order valence-corrected chi connectivity index (χ0v) is 12.0. The van der Waals surface area contributed by atoms with Crippen molar-refractivity contribution in [3.05, 3.63) is 29.8 Å². The predicted molar refractivity (Wildman–Crippen MR) is 77.4 cm³/mol. The van der Waals surface area contributed by atoms with Crippen LogP contribution in [-0.2, 0) is 4.79 Å². The van der Waals surface area contributed by atoms with Crippen LogP contribution in [0.2, 0.25) is 0 Å². The molecule has 0 bridgehead atoms. The fourth-order valence-corrected chi connectivity index (χ4v) is 2.72. The molecule has 2 N–H and O–H groups in total. The number of aryl methyl sites for hydroxylation is 1. The Morgan fingerprint density at radius 2 is 1.74 bits per heavy atom. The fourth-order valence-electron chi connectivity index (χ4n) is 2.72. The zero-order valence-electron chi connectivity index (χ0n) is 12.0. The average Bonchev–Trinajstić information content (AvgIpc) is 2.34.